The second-order valence-electron chi connectivity index (χ2n) is 8.18. The van der Waals surface area contributed by atoms with E-state index >= 15 is 0 Å². The summed E-state index contributed by atoms with van der Waals surface area (Å²) >= 11 is 0. The summed E-state index contributed by atoms with van der Waals surface area (Å²) in [5.41, 5.74) is 2.64. The van der Waals surface area contributed by atoms with Gasteiger partial charge in [-0.25, -0.2) is 0 Å². The third kappa shape index (κ3) is 3.23. The maximum Gasteiger partial charge on any atom is 0.253 e. The van der Waals surface area contributed by atoms with E-state index in [0.29, 0.717) is 11.5 Å². The van der Waals surface area contributed by atoms with Crippen LogP contribution in [0.5, 0.6) is 0 Å². The quantitative estimate of drug-likeness (QED) is 0.907. The largest absolute Gasteiger partial charge is 0.374 e. The summed E-state index contributed by atoms with van der Waals surface area (Å²) in [6.45, 7) is 4.15. The molecule has 2 atom stereocenters. The van der Waals surface area contributed by atoms with Crippen LogP contribution in [0.4, 0.5) is 0 Å². The number of nitrogens with zero attached hydrogens (tertiary/aromatic N) is 2. The normalized spacial score (nSPS) is 30.4. The number of carbonyl (C=O) groups excluding carboxylic acids is 1. The molecule has 5 nitrogen and oxygen atoms in total. The van der Waals surface area contributed by atoms with E-state index in [2.05, 4.69) is 21.3 Å². The third-order valence-corrected chi connectivity index (χ3v) is 6.55. The molecule has 0 spiro atoms. The van der Waals surface area contributed by atoms with Crippen molar-refractivity contribution in [3.63, 3.8) is 0 Å². The summed E-state index contributed by atoms with van der Waals surface area (Å²) in [5, 5.41) is 4.35. The summed E-state index contributed by atoms with van der Waals surface area (Å²) in [6.07, 6.45) is 7.69. The molecule has 6 rings (SSSR count). The molecule has 5 heterocycles. The molecule has 2 unspecified atom stereocenters. The summed E-state index contributed by atoms with van der Waals surface area (Å²) < 4.78 is 5.99. The molecule has 1 N–H and O–H groups in total. The third-order valence-electron chi connectivity index (χ3n) is 6.55. The zero-order chi connectivity index (χ0) is 18.2. The number of amides is 1. The van der Waals surface area contributed by atoms with E-state index in [1.165, 1.54) is 32.4 Å². The summed E-state index contributed by atoms with van der Waals surface area (Å²) in [5.74, 6) is 0.627. The van der Waals surface area contributed by atoms with Gasteiger partial charge in [-0.1, -0.05) is 12.1 Å². The Bertz CT molecular complexity index is 839. The van der Waals surface area contributed by atoms with Gasteiger partial charge in [-0.2, -0.15) is 0 Å². The van der Waals surface area contributed by atoms with Crippen LogP contribution >= 0.6 is 0 Å². The molecule has 142 valence electrons. The van der Waals surface area contributed by atoms with Gasteiger partial charge in [0.05, 0.1) is 17.2 Å². The monoisotopic (exact) mass is 365 g/mol. The van der Waals surface area contributed by atoms with Crippen molar-refractivity contribution >= 4 is 16.8 Å². The molecule has 1 amide bonds. The molecule has 4 aliphatic heterocycles. The Kier molecular flexibility index (Phi) is 4.58. The lowest BCUT2D eigenvalue weighted by atomic mass is 9.84. The van der Waals surface area contributed by atoms with Gasteiger partial charge < -0.3 is 15.0 Å². The Hall–Kier alpha value is -1.98. The van der Waals surface area contributed by atoms with Gasteiger partial charge in [0, 0.05) is 30.8 Å². The van der Waals surface area contributed by atoms with Gasteiger partial charge in [0.1, 0.15) is 0 Å². The summed E-state index contributed by atoms with van der Waals surface area (Å²) in [4.78, 5) is 20.1. The van der Waals surface area contributed by atoms with Crippen LogP contribution in [0.15, 0.2) is 30.5 Å². The van der Waals surface area contributed by atoms with E-state index < -0.39 is 0 Å². The first-order valence-corrected chi connectivity index (χ1v) is 10.3. The topological polar surface area (TPSA) is 54.5 Å². The summed E-state index contributed by atoms with van der Waals surface area (Å²) in [6, 6.07) is 8.26. The van der Waals surface area contributed by atoms with Crippen molar-refractivity contribution in [1.29, 1.82) is 0 Å². The fraction of sp³-hybridized carbons (Fsp3) is 0.545. The van der Waals surface area contributed by atoms with Gasteiger partial charge in [-0.3, -0.25) is 9.78 Å². The van der Waals surface area contributed by atoms with Crippen molar-refractivity contribution in [3.8, 4) is 0 Å². The molecule has 4 aliphatic rings. The molecule has 0 aliphatic carbocycles. The zero-order valence-corrected chi connectivity index (χ0v) is 15.7. The highest BCUT2D eigenvalue weighted by Gasteiger charge is 2.35. The number of hydrogen-bond donors (Lipinski definition) is 1. The number of fused-ring (bicyclic) bond motifs is 4. The van der Waals surface area contributed by atoms with Gasteiger partial charge in [0.25, 0.3) is 5.91 Å². The number of carbonyl (C=O) groups is 1. The Morgan fingerprint density at radius 1 is 1.15 bits per heavy atom. The molecule has 2 bridgehead atoms. The number of piperidine rings is 3. The average Bonchev–Trinajstić information content (AvgIpc) is 2.74. The molecule has 0 radical (unpaired) electrons. The van der Waals surface area contributed by atoms with Gasteiger partial charge in [0.15, 0.2) is 0 Å². The number of rotatable bonds is 3. The van der Waals surface area contributed by atoms with Crippen LogP contribution in [0, 0.1) is 5.92 Å². The number of aromatic nitrogens is 1. The lowest BCUT2D eigenvalue weighted by molar-refractivity contribution is 0.0158. The van der Waals surface area contributed by atoms with Crippen LogP contribution in [0.25, 0.3) is 10.9 Å². The number of pyridine rings is 1. The lowest BCUT2D eigenvalue weighted by Crippen LogP contribution is -2.57. The lowest BCUT2D eigenvalue weighted by Gasteiger charge is -2.44. The van der Waals surface area contributed by atoms with E-state index in [4.69, 9.17) is 4.74 Å². The Morgan fingerprint density at radius 2 is 2.04 bits per heavy atom. The smallest absolute Gasteiger partial charge is 0.253 e. The Balaban J connectivity index is 1.44. The first-order chi connectivity index (χ1) is 13.3. The van der Waals surface area contributed by atoms with Crippen molar-refractivity contribution in [1.82, 2.24) is 15.2 Å². The number of benzene rings is 1. The standard InChI is InChI=1S/C22H27N3O2/c26-22(24-19-14-25-11-8-15(19)9-12-25)18-5-3-4-17-16(7-10-23-21(17)18)20-6-1-2-13-27-20/h3-5,7,10,15,19-20H,1-2,6,8-9,11-14H2,(H,24,26). The maximum absolute atomic E-state index is 13.1. The molecule has 2 aromatic rings. The predicted octanol–water partition coefficient (Wildman–Crippen LogP) is 3.30. The zero-order valence-electron chi connectivity index (χ0n) is 15.7. The van der Waals surface area contributed by atoms with E-state index in [0.717, 1.165) is 42.5 Å². The second kappa shape index (κ2) is 7.21. The molecule has 4 saturated heterocycles. The number of hydrogen-bond acceptors (Lipinski definition) is 4. The van der Waals surface area contributed by atoms with Gasteiger partial charge in [-0.05, 0) is 68.8 Å². The van der Waals surface area contributed by atoms with Crippen molar-refractivity contribution in [2.24, 2.45) is 5.92 Å². The van der Waals surface area contributed by atoms with Gasteiger partial charge in [-0.15, -0.1) is 0 Å². The number of nitrogens with one attached hydrogen (secondary N) is 1. The minimum Gasteiger partial charge on any atom is -0.374 e. The van der Waals surface area contributed by atoms with E-state index in [-0.39, 0.29) is 18.1 Å². The second-order valence-corrected chi connectivity index (χ2v) is 8.18. The fourth-order valence-electron chi connectivity index (χ4n) is 5.02. The van der Waals surface area contributed by atoms with Crippen LogP contribution in [-0.4, -0.2) is 48.1 Å². The Labute approximate surface area is 160 Å². The fourth-order valence-corrected chi connectivity index (χ4v) is 5.02. The number of para-hydroxylation sites is 1. The van der Waals surface area contributed by atoms with E-state index in [1.54, 1.807) is 0 Å². The van der Waals surface area contributed by atoms with Crippen LogP contribution in [0.3, 0.4) is 0 Å². The molecule has 0 saturated carbocycles. The van der Waals surface area contributed by atoms with Crippen LogP contribution in [0.2, 0.25) is 0 Å². The minimum absolute atomic E-state index is 0.00793. The highest BCUT2D eigenvalue weighted by molar-refractivity contribution is 6.06. The molecular weight excluding hydrogens is 338 g/mol. The first kappa shape index (κ1) is 17.1. The van der Waals surface area contributed by atoms with E-state index in [1.807, 2.05) is 24.4 Å². The van der Waals surface area contributed by atoms with Crippen molar-refractivity contribution in [2.45, 2.75) is 44.2 Å². The van der Waals surface area contributed by atoms with Crippen molar-refractivity contribution in [3.05, 3.63) is 41.6 Å². The highest BCUT2D eigenvalue weighted by atomic mass is 16.5. The first-order valence-electron chi connectivity index (χ1n) is 10.3. The highest BCUT2D eigenvalue weighted by Crippen LogP contribution is 2.33. The minimum atomic E-state index is 0.00793. The number of ether oxygens (including phenoxy) is 1. The summed E-state index contributed by atoms with van der Waals surface area (Å²) in [7, 11) is 0. The van der Waals surface area contributed by atoms with Crippen molar-refractivity contribution in [2.75, 3.05) is 26.2 Å². The predicted molar refractivity (Wildman–Crippen MR) is 105 cm³/mol. The molecule has 5 heteroatoms. The average molecular weight is 365 g/mol. The molecule has 27 heavy (non-hydrogen) atoms. The molecule has 1 aromatic heterocycles. The molecule has 1 aromatic carbocycles. The maximum atomic E-state index is 13.1. The van der Waals surface area contributed by atoms with Gasteiger partial charge in [0.2, 0.25) is 0 Å². The van der Waals surface area contributed by atoms with Crippen LogP contribution in [-0.2, 0) is 4.74 Å². The van der Waals surface area contributed by atoms with Gasteiger partial charge >= 0.3 is 0 Å². The molecular formula is C22H27N3O2. The van der Waals surface area contributed by atoms with Crippen molar-refractivity contribution < 1.29 is 9.53 Å². The van der Waals surface area contributed by atoms with Crippen LogP contribution in [0.1, 0.15) is 54.1 Å². The van der Waals surface area contributed by atoms with E-state index in [9.17, 15) is 4.79 Å². The Morgan fingerprint density at radius 3 is 2.78 bits per heavy atom. The SMILES string of the molecule is O=C(NC1CN2CCC1CC2)c1cccc2c(C3CCCCO3)ccnc12. The molecule has 4 fully saturated rings. The van der Waals surface area contributed by atoms with Crippen LogP contribution < -0.4 is 5.32 Å².